The highest BCUT2D eigenvalue weighted by molar-refractivity contribution is 5.92. The van der Waals surface area contributed by atoms with E-state index in [2.05, 4.69) is 27.1 Å². The molecular formula is C20H24F2N4O. The van der Waals surface area contributed by atoms with Crippen LogP contribution in [0.25, 0.3) is 0 Å². The second kappa shape index (κ2) is 7.38. The van der Waals surface area contributed by atoms with Crippen LogP contribution in [0, 0.1) is 17.6 Å². The van der Waals surface area contributed by atoms with Gasteiger partial charge in [-0.1, -0.05) is 13.0 Å². The number of benzene rings is 1. The molecule has 1 saturated heterocycles. The van der Waals surface area contributed by atoms with Gasteiger partial charge in [-0.25, -0.2) is 13.8 Å². The summed E-state index contributed by atoms with van der Waals surface area (Å²) in [4.78, 5) is 17.3. The van der Waals surface area contributed by atoms with Gasteiger partial charge in [0, 0.05) is 37.7 Å². The van der Waals surface area contributed by atoms with Gasteiger partial charge in [0.2, 0.25) is 0 Å². The fourth-order valence-corrected chi connectivity index (χ4v) is 4.09. The van der Waals surface area contributed by atoms with Crippen molar-refractivity contribution in [2.75, 3.05) is 13.1 Å². The molecule has 2 aliphatic rings. The summed E-state index contributed by atoms with van der Waals surface area (Å²) >= 11 is 0. The summed E-state index contributed by atoms with van der Waals surface area (Å²) in [7, 11) is 0. The highest BCUT2D eigenvalue weighted by atomic mass is 19.2. The smallest absolute Gasteiger partial charge is 0.271 e. The van der Waals surface area contributed by atoms with Crippen molar-refractivity contribution in [2.24, 2.45) is 5.92 Å². The van der Waals surface area contributed by atoms with E-state index in [1.54, 1.807) is 6.07 Å². The lowest BCUT2D eigenvalue weighted by Crippen LogP contribution is -2.50. The first kappa shape index (κ1) is 18.1. The van der Waals surface area contributed by atoms with E-state index in [0.717, 1.165) is 44.2 Å². The number of aromatic nitrogens is 2. The minimum Gasteiger partial charge on any atom is -0.346 e. The van der Waals surface area contributed by atoms with E-state index in [0.29, 0.717) is 23.7 Å². The standard InChI is InChI=1S/C20H24F2N4O/c1-12-5-7-26-11-18(24-19(26)8-12)20(27)25-17-10-23-6-4-14(17)13-2-3-15(21)16(22)9-13/h2-3,9,11-12,14,17,23H,4-8,10H2,1H3,(H,25,27)/t12?,14-,17-/m1/s1. The van der Waals surface area contributed by atoms with Gasteiger partial charge in [-0.15, -0.1) is 0 Å². The van der Waals surface area contributed by atoms with Crippen molar-refractivity contribution in [3.8, 4) is 0 Å². The predicted molar refractivity (Wildman–Crippen MR) is 97.6 cm³/mol. The Labute approximate surface area is 157 Å². The topological polar surface area (TPSA) is 59.0 Å². The molecule has 1 unspecified atom stereocenters. The average Bonchev–Trinajstić information content (AvgIpc) is 3.08. The zero-order valence-corrected chi connectivity index (χ0v) is 15.3. The van der Waals surface area contributed by atoms with Crippen molar-refractivity contribution < 1.29 is 13.6 Å². The zero-order valence-electron chi connectivity index (χ0n) is 15.3. The number of nitrogens with zero attached hydrogens (tertiary/aromatic N) is 2. The van der Waals surface area contributed by atoms with E-state index >= 15 is 0 Å². The molecule has 0 aliphatic carbocycles. The van der Waals surface area contributed by atoms with Crippen LogP contribution in [0.15, 0.2) is 24.4 Å². The number of hydrogen-bond donors (Lipinski definition) is 2. The van der Waals surface area contributed by atoms with Crippen molar-refractivity contribution in [1.82, 2.24) is 20.2 Å². The second-order valence-corrected chi connectivity index (χ2v) is 7.69. The quantitative estimate of drug-likeness (QED) is 0.868. The van der Waals surface area contributed by atoms with Crippen LogP contribution >= 0.6 is 0 Å². The molecule has 0 saturated carbocycles. The average molecular weight is 374 g/mol. The zero-order chi connectivity index (χ0) is 19.0. The molecule has 27 heavy (non-hydrogen) atoms. The van der Waals surface area contributed by atoms with Crippen LogP contribution < -0.4 is 10.6 Å². The number of nitrogens with one attached hydrogen (secondary N) is 2. The Kier molecular flexibility index (Phi) is 4.95. The monoisotopic (exact) mass is 374 g/mol. The maximum atomic E-state index is 13.7. The van der Waals surface area contributed by atoms with Crippen LogP contribution in [-0.4, -0.2) is 34.6 Å². The fraction of sp³-hybridized carbons (Fsp3) is 0.500. The minimum atomic E-state index is -0.855. The molecule has 0 radical (unpaired) electrons. The second-order valence-electron chi connectivity index (χ2n) is 7.69. The van der Waals surface area contributed by atoms with Crippen molar-refractivity contribution in [3.63, 3.8) is 0 Å². The van der Waals surface area contributed by atoms with Crippen LogP contribution in [0.5, 0.6) is 0 Å². The molecule has 0 spiro atoms. The number of rotatable bonds is 3. The lowest BCUT2D eigenvalue weighted by Gasteiger charge is -2.33. The highest BCUT2D eigenvalue weighted by Gasteiger charge is 2.30. The molecule has 1 aromatic carbocycles. The Morgan fingerprint density at radius 2 is 2.15 bits per heavy atom. The molecule has 5 nitrogen and oxygen atoms in total. The van der Waals surface area contributed by atoms with Crippen LogP contribution in [0.4, 0.5) is 8.78 Å². The van der Waals surface area contributed by atoms with Crippen molar-refractivity contribution in [1.29, 1.82) is 0 Å². The third kappa shape index (κ3) is 3.74. The molecule has 3 atom stereocenters. The number of imidazole rings is 1. The molecule has 3 heterocycles. The van der Waals surface area contributed by atoms with Crippen LogP contribution in [-0.2, 0) is 13.0 Å². The molecule has 1 amide bonds. The third-order valence-corrected chi connectivity index (χ3v) is 5.66. The maximum Gasteiger partial charge on any atom is 0.271 e. The van der Waals surface area contributed by atoms with Crippen molar-refractivity contribution >= 4 is 5.91 Å². The van der Waals surface area contributed by atoms with Gasteiger partial charge in [0.25, 0.3) is 5.91 Å². The molecule has 144 valence electrons. The van der Waals surface area contributed by atoms with Gasteiger partial charge < -0.3 is 15.2 Å². The Morgan fingerprint density at radius 3 is 2.96 bits per heavy atom. The predicted octanol–water partition coefficient (Wildman–Crippen LogP) is 2.62. The van der Waals surface area contributed by atoms with E-state index in [4.69, 9.17) is 0 Å². The van der Waals surface area contributed by atoms with Gasteiger partial charge in [-0.2, -0.15) is 0 Å². The van der Waals surface area contributed by atoms with E-state index in [1.807, 2.05) is 6.20 Å². The van der Waals surface area contributed by atoms with E-state index in [-0.39, 0.29) is 17.9 Å². The lowest BCUT2D eigenvalue weighted by molar-refractivity contribution is 0.0919. The van der Waals surface area contributed by atoms with E-state index in [9.17, 15) is 13.6 Å². The van der Waals surface area contributed by atoms with Crippen LogP contribution in [0.3, 0.4) is 0 Å². The van der Waals surface area contributed by atoms with Gasteiger partial charge in [-0.05, 0) is 43.0 Å². The Balaban J connectivity index is 1.51. The van der Waals surface area contributed by atoms with Gasteiger partial charge >= 0.3 is 0 Å². The molecular weight excluding hydrogens is 350 g/mol. The molecule has 2 aromatic rings. The summed E-state index contributed by atoms with van der Waals surface area (Å²) < 4.78 is 29.0. The van der Waals surface area contributed by atoms with Gasteiger partial charge in [0.1, 0.15) is 11.5 Å². The number of carbonyl (C=O) groups is 1. The van der Waals surface area contributed by atoms with Crippen LogP contribution in [0.1, 0.15) is 47.6 Å². The van der Waals surface area contributed by atoms with Gasteiger partial charge in [-0.3, -0.25) is 4.79 Å². The number of halogens is 2. The fourth-order valence-electron chi connectivity index (χ4n) is 4.09. The maximum absolute atomic E-state index is 13.7. The summed E-state index contributed by atoms with van der Waals surface area (Å²) in [5.74, 6) is -0.458. The van der Waals surface area contributed by atoms with E-state index < -0.39 is 11.6 Å². The largest absolute Gasteiger partial charge is 0.346 e. The van der Waals surface area contributed by atoms with Crippen molar-refractivity contribution in [3.05, 3.63) is 53.1 Å². The number of piperidine rings is 1. The number of fused-ring (bicyclic) bond motifs is 1. The minimum absolute atomic E-state index is 0.0671. The van der Waals surface area contributed by atoms with Crippen LogP contribution in [0.2, 0.25) is 0 Å². The Bertz CT molecular complexity index is 851. The molecule has 0 bridgehead atoms. The summed E-state index contributed by atoms with van der Waals surface area (Å²) in [5, 5.41) is 6.31. The number of carbonyl (C=O) groups excluding carboxylic acids is 1. The SMILES string of the molecule is CC1CCn2cc(C(=O)N[C@@H]3CNCC[C@@H]3c3ccc(F)c(F)c3)nc2C1. The first-order valence-electron chi connectivity index (χ1n) is 9.54. The molecule has 1 fully saturated rings. The Hall–Kier alpha value is -2.28. The summed E-state index contributed by atoms with van der Waals surface area (Å²) in [6.45, 7) is 4.43. The first-order valence-corrected chi connectivity index (χ1v) is 9.54. The third-order valence-electron chi connectivity index (χ3n) is 5.66. The first-order chi connectivity index (χ1) is 13.0. The van der Waals surface area contributed by atoms with Gasteiger partial charge in [0.15, 0.2) is 11.6 Å². The Morgan fingerprint density at radius 1 is 1.30 bits per heavy atom. The highest BCUT2D eigenvalue weighted by Crippen LogP contribution is 2.27. The molecule has 7 heteroatoms. The lowest BCUT2D eigenvalue weighted by atomic mass is 9.86. The molecule has 2 N–H and O–H groups in total. The summed E-state index contributed by atoms with van der Waals surface area (Å²) in [6, 6.07) is 3.79. The number of hydrogen-bond acceptors (Lipinski definition) is 3. The summed E-state index contributed by atoms with van der Waals surface area (Å²) in [5.41, 5.74) is 1.13. The van der Waals surface area contributed by atoms with Crippen molar-refractivity contribution in [2.45, 2.75) is 44.7 Å². The normalized spacial score (nSPS) is 25.1. The number of amides is 1. The molecule has 2 aliphatic heterocycles. The van der Waals surface area contributed by atoms with E-state index in [1.165, 1.54) is 6.07 Å². The van der Waals surface area contributed by atoms with Gasteiger partial charge in [0.05, 0.1) is 0 Å². The summed E-state index contributed by atoms with van der Waals surface area (Å²) in [6.07, 6.45) is 4.54. The molecule has 4 rings (SSSR count). The molecule has 1 aromatic heterocycles. The number of aryl methyl sites for hydroxylation is 1.